The smallest absolute Gasteiger partial charge is 0.174 e. The second-order valence-electron chi connectivity index (χ2n) is 7.69. The molecule has 1 aliphatic heterocycles. The molecule has 1 fully saturated rings. The molecule has 7 heteroatoms. The molecule has 160 valence electrons. The first-order valence-corrected chi connectivity index (χ1v) is 10.8. The number of benzene rings is 1. The van der Waals surface area contributed by atoms with Crippen LogP contribution in [0.5, 0.6) is 5.75 Å². The Kier molecular flexibility index (Phi) is 5.33. The van der Waals surface area contributed by atoms with Crippen LogP contribution in [-0.2, 0) is 0 Å². The minimum absolute atomic E-state index is 0.131. The van der Waals surface area contributed by atoms with Gasteiger partial charge in [0.25, 0.3) is 0 Å². The second kappa shape index (κ2) is 8.43. The number of pyridine rings is 2. The zero-order valence-electron chi connectivity index (χ0n) is 17.8. The first-order valence-electron chi connectivity index (χ1n) is 10.4. The SMILES string of the molecule is COc1cccc(N2C(=S)N[C@@H](c3ccccn3)[C@H]2c2cccn2-c2ccc(C)cn2)c1. The lowest BCUT2D eigenvalue weighted by molar-refractivity contribution is 0.414. The Morgan fingerprint density at radius 1 is 1.00 bits per heavy atom. The maximum Gasteiger partial charge on any atom is 0.174 e. The normalized spacial score (nSPS) is 17.9. The summed E-state index contributed by atoms with van der Waals surface area (Å²) in [6.07, 6.45) is 5.73. The largest absolute Gasteiger partial charge is 0.497 e. The first kappa shape index (κ1) is 20.2. The number of nitrogens with one attached hydrogen (secondary N) is 1. The average Bonchev–Trinajstić information content (AvgIpc) is 3.44. The zero-order valence-corrected chi connectivity index (χ0v) is 18.7. The van der Waals surface area contributed by atoms with Crippen LogP contribution in [0.1, 0.15) is 29.0 Å². The number of methoxy groups -OCH3 is 1. The summed E-state index contributed by atoms with van der Waals surface area (Å²) in [6, 6.07) is 21.9. The van der Waals surface area contributed by atoms with Gasteiger partial charge in [0.1, 0.15) is 17.6 Å². The van der Waals surface area contributed by atoms with Gasteiger partial charge in [-0.15, -0.1) is 0 Å². The fraction of sp³-hybridized carbons (Fsp3) is 0.160. The van der Waals surface area contributed by atoms with Crippen molar-refractivity contribution in [3.05, 3.63) is 102 Å². The summed E-state index contributed by atoms with van der Waals surface area (Å²) in [5, 5.41) is 4.14. The van der Waals surface area contributed by atoms with Gasteiger partial charge in [-0.05, 0) is 67.2 Å². The van der Waals surface area contributed by atoms with Crippen LogP contribution >= 0.6 is 12.2 Å². The molecule has 0 radical (unpaired) electrons. The number of nitrogens with zero attached hydrogens (tertiary/aromatic N) is 4. The van der Waals surface area contributed by atoms with Gasteiger partial charge < -0.3 is 19.5 Å². The van der Waals surface area contributed by atoms with Crippen molar-refractivity contribution in [2.24, 2.45) is 0 Å². The van der Waals surface area contributed by atoms with E-state index in [1.807, 2.05) is 80.1 Å². The number of anilines is 1. The fourth-order valence-corrected chi connectivity index (χ4v) is 4.49. The highest BCUT2D eigenvalue weighted by atomic mass is 32.1. The molecule has 0 spiro atoms. The molecule has 0 aliphatic carbocycles. The van der Waals surface area contributed by atoms with Gasteiger partial charge in [-0.2, -0.15) is 0 Å². The van der Waals surface area contributed by atoms with E-state index in [-0.39, 0.29) is 12.1 Å². The molecule has 5 rings (SSSR count). The van der Waals surface area contributed by atoms with E-state index in [1.54, 1.807) is 7.11 Å². The van der Waals surface area contributed by atoms with E-state index in [9.17, 15) is 0 Å². The number of thiocarbonyl (C=S) groups is 1. The van der Waals surface area contributed by atoms with Crippen LogP contribution in [0.4, 0.5) is 5.69 Å². The summed E-state index contributed by atoms with van der Waals surface area (Å²) in [4.78, 5) is 11.4. The standard InChI is InChI=1S/C25H23N5OS/c1-17-11-12-22(27-16-17)29-14-6-10-21(29)24-23(20-9-3-4-13-26-20)28-25(32)30(24)18-7-5-8-19(15-18)31-2/h3-16,23-24H,1-2H3,(H,28,32)/t23-,24+/m0/s1. The predicted molar refractivity (Wildman–Crippen MR) is 129 cm³/mol. The van der Waals surface area contributed by atoms with Crippen molar-refractivity contribution in [1.29, 1.82) is 0 Å². The lowest BCUT2D eigenvalue weighted by Crippen LogP contribution is -2.30. The van der Waals surface area contributed by atoms with Gasteiger partial charge in [-0.3, -0.25) is 4.98 Å². The van der Waals surface area contributed by atoms with Crippen LogP contribution in [-0.4, -0.2) is 26.8 Å². The summed E-state index contributed by atoms with van der Waals surface area (Å²) < 4.78 is 7.59. The number of rotatable bonds is 5. The van der Waals surface area contributed by atoms with Crippen LogP contribution in [0.2, 0.25) is 0 Å². The second-order valence-corrected chi connectivity index (χ2v) is 8.08. The summed E-state index contributed by atoms with van der Waals surface area (Å²) >= 11 is 5.83. The molecule has 0 bridgehead atoms. The van der Waals surface area contributed by atoms with Crippen LogP contribution < -0.4 is 15.0 Å². The van der Waals surface area contributed by atoms with Gasteiger partial charge >= 0.3 is 0 Å². The average molecular weight is 442 g/mol. The van der Waals surface area contributed by atoms with Crippen molar-refractivity contribution < 1.29 is 4.74 Å². The molecule has 0 amide bonds. The van der Waals surface area contributed by atoms with E-state index in [1.165, 1.54) is 0 Å². The monoisotopic (exact) mass is 441 g/mol. The molecule has 4 heterocycles. The van der Waals surface area contributed by atoms with Crippen molar-refractivity contribution in [2.75, 3.05) is 12.0 Å². The van der Waals surface area contributed by atoms with Crippen molar-refractivity contribution in [3.8, 4) is 11.6 Å². The van der Waals surface area contributed by atoms with Gasteiger partial charge in [-0.1, -0.05) is 18.2 Å². The van der Waals surface area contributed by atoms with Gasteiger partial charge in [-0.25, -0.2) is 4.98 Å². The van der Waals surface area contributed by atoms with Crippen molar-refractivity contribution in [3.63, 3.8) is 0 Å². The Hall–Kier alpha value is -3.71. The van der Waals surface area contributed by atoms with E-state index in [0.717, 1.165) is 34.2 Å². The lowest BCUT2D eigenvalue weighted by Gasteiger charge is -2.29. The number of hydrogen-bond donors (Lipinski definition) is 1. The fourth-order valence-electron chi connectivity index (χ4n) is 4.14. The quantitative estimate of drug-likeness (QED) is 0.451. The van der Waals surface area contributed by atoms with E-state index in [4.69, 9.17) is 17.0 Å². The predicted octanol–water partition coefficient (Wildman–Crippen LogP) is 4.76. The molecule has 1 aliphatic rings. The number of ether oxygens (including phenoxy) is 1. The van der Waals surface area contributed by atoms with Crippen molar-refractivity contribution in [1.82, 2.24) is 19.9 Å². The Labute approximate surface area is 192 Å². The van der Waals surface area contributed by atoms with Crippen LogP contribution in [0.25, 0.3) is 5.82 Å². The molecule has 1 N–H and O–H groups in total. The van der Waals surface area contributed by atoms with Crippen molar-refractivity contribution >= 4 is 23.0 Å². The van der Waals surface area contributed by atoms with E-state index < -0.39 is 0 Å². The molecule has 0 saturated carbocycles. The molecule has 1 aromatic carbocycles. The molecular formula is C25H23N5OS. The first-order chi connectivity index (χ1) is 15.7. The zero-order chi connectivity index (χ0) is 22.1. The summed E-state index contributed by atoms with van der Waals surface area (Å²) in [7, 11) is 1.67. The van der Waals surface area contributed by atoms with Gasteiger partial charge in [0.05, 0.1) is 18.8 Å². The minimum atomic E-state index is -0.136. The highest BCUT2D eigenvalue weighted by molar-refractivity contribution is 7.80. The Balaban J connectivity index is 1.66. The molecule has 0 unspecified atom stereocenters. The van der Waals surface area contributed by atoms with Gasteiger partial charge in [0, 0.05) is 36.0 Å². The molecule has 2 atom stereocenters. The van der Waals surface area contributed by atoms with E-state index in [0.29, 0.717) is 5.11 Å². The van der Waals surface area contributed by atoms with Crippen LogP contribution in [0, 0.1) is 6.92 Å². The van der Waals surface area contributed by atoms with Crippen LogP contribution in [0.15, 0.2) is 85.3 Å². The highest BCUT2D eigenvalue weighted by Crippen LogP contribution is 2.42. The van der Waals surface area contributed by atoms with Crippen molar-refractivity contribution in [2.45, 2.75) is 19.0 Å². The van der Waals surface area contributed by atoms with Gasteiger partial charge in [0.2, 0.25) is 0 Å². The summed E-state index contributed by atoms with van der Waals surface area (Å²) in [6.45, 7) is 2.04. The molecule has 6 nitrogen and oxygen atoms in total. The Morgan fingerprint density at radius 3 is 2.66 bits per heavy atom. The minimum Gasteiger partial charge on any atom is -0.497 e. The molecule has 32 heavy (non-hydrogen) atoms. The van der Waals surface area contributed by atoms with E-state index in [2.05, 4.69) is 36.9 Å². The Bertz CT molecular complexity index is 1240. The molecular weight excluding hydrogens is 418 g/mol. The number of aromatic nitrogens is 3. The third-order valence-corrected chi connectivity index (χ3v) is 5.97. The third kappa shape index (κ3) is 3.61. The topological polar surface area (TPSA) is 55.2 Å². The maximum absolute atomic E-state index is 5.83. The van der Waals surface area contributed by atoms with E-state index >= 15 is 0 Å². The van der Waals surface area contributed by atoms with Gasteiger partial charge in [0.15, 0.2) is 5.11 Å². The maximum atomic E-state index is 5.83. The highest BCUT2D eigenvalue weighted by Gasteiger charge is 2.42. The summed E-state index contributed by atoms with van der Waals surface area (Å²) in [5.41, 5.74) is 4.06. The summed E-state index contributed by atoms with van der Waals surface area (Å²) in [5.74, 6) is 1.64. The number of hydrogen-bond acceptors (Lipinski definition) is 4. The third-order valence-electron chi connectivity index (χ3n) is 5.66. The molecule has 3 aromatic heterocycles. The Morgan fingerprint density at radius 2 is 1.91 bits per heavy atom. The molecule has 1 saturated heterocycles. The molecule has 4 aromatic rings. The van der Waals surface area contributed by atoms with Crippen LogP contribution in [0.3, 0.4) is 0 Å². The number of aryl methyl sites for hydroxylation is 1. The lowest BCUT2D eigenvalue weighted by atomic mass is 10.0.